The van der Waals surface area contributed by atoms with Crippen molar-refractivity contribution in [1.29, 1.82) is 0 Å². The second-order valence-corrected chi connectivity index (χ2v) is 8.03. The Labute approximate surface area is 176 Å². The van der Waals surface area contributed by atoms with Gasteiger partial charge < -0.3 is 9.64 Å². The Balaban J connectivity index is 1.37. The second-order valence-electron chi connectivity index (χ2n) is 8.03. The molecule has 1 aromatic carbocycles. The van der Waals surface area contributed by atoms with Crippen LogP contribution in [0.5, 0.6) is 0 Å². The first-order valence-corrected chi connectivity index (χ1v) is 10.4. The van der Waals surface area contributed by atoms with Crippen LogP contribution in [0.15, 0.2) is 49.1 Å². The zero-order chi connectivity index (χ0) is 20.9. The van der Waals surface area contributed by atoms with E-state index in [1.54, 1.807) is 10.7 Å². The van der Waals surface area contributed by atoms with Gasteiger partial charge in [-0.2, -0.15) is 10.2 Å². The molecule has 7 nitrogen and oxygen atoms in total. The summed E-state index contributed by atoms with van der Waals surface area (Å²) in [6.07, 6.45) is 9.05. The minimum absolute atomic E-state index is 0.251. The van der Waals surface area contributed by atoms with Crippen LogP contribution >= 0.6 is 0 Å². The Morgan fingerprint density at radius 3 is 2.81 bits per heavy atom. The molecule has 5 heterocycles. The van der Waals surface area contributed by atoms with Crippen molar-refractivity contribution in [2.45, 2.75) is 24.9 Å². The SMILES string of the molecule is Fc1ccc(F)c([C@H]2CCCN2c2ccn3ncc(-c4cnn(C5COC5)c4)c3n2)c1. The molecule has 0 radical (unpaired) electrons. The highest BCUT2D eigenvalue weighted by molar-refractivity contribution is 5.77. The van der Waals surface area contributed by atoms with Crippen molar-refractivity contribution in [3.63, 3.8) is 0 Å². The largest absolute Gasteiger partial charge is 0.377 e. The minimum Gasteiger partial charge on any atom is -0.377 e. The van der Waals surface area contributed by atoms with E-state index >= 15 is 0 Å². The fourth-order valence-corrected chi connectivity index (χ4v) is 4.41. The molecule has 2 saturated heterocycles. The molecule has 1 atom stereocenters. The number of fused-ring (bicyclic) bond motifs is 1. The molecule has 0 spiro atoms. The van der Waals surface area contributed by atoms with Gasteiger partial charge >= 0.3 is 0 Å². The highest BCUT2D eigenvalue weighted by atomic mass is 19.1. The third kappa shape index (κ3) is 3.07. The lowest BCUT2D eigenvalue weighted by atomic mass is 10.0. The van der Waals surface area contributed by atoms with Crippen molar-refractivity contribution in [3.8, 4) is 11.1 Å². The predicted molar refractivity (Wildman–Crippen MR) is 110 cm³/mol. The highest BCUT2D eigenvalue weighted by Crippen LogP contribution is 2.37. The molecule has 9 heteroatoms. The topological polar surface area (TPSA) is 60.5 Å². The van der Waals surface area contributed by atoms with Gasteiger partial charge in [0.15, 0.2) is 5.65 Å². The van der Waals surface area contributed by atoms with Crippen LogP contribution in [-0.4, -0.2) is 44.1 Å². The van der Waals surface area contributed by atoms with E-state index in [1.165, 1.54) is 12.1 Å². The zero-order valence-corrected chi connectivity index (χ0v) is 16.7. The molecule has 3 aromatic heterocycles. The summed E-state index contributed by atoms with van der Waals surface area (Å²) >= 11 is 0. The van der Waals surface area contributed by atoms with Crippen LogP contribution in [-0.2, 0) is 4.74 Å². The summed E-state index contributed by atoms with van der Waals surface area (Å²) in [5, 5.41) is 8.87. The minimum atomic E-state index is -0.432. The van der Waals surface area contributed by atoms with Crippen molar-refractivity contribution in [1.82, 2.24) is 24.4 Å². The number of hydrogen-bond donors (Lipinski definition) is 0. The van der Waals surface area contributed by atoms with Crippen molar-refractivity contribution < 1.29 is 13.5 Å². The molecule has 31 heavy (non-hydrogen) atoms. The van der Waals surface area contributed by atoms with Gasteiger partial charge in [0.25, 0.3) is 0 Å². The van der Waals surface area contributed by atoms with Crippen LogP contribution in [0.1, 0.15) is 30.5 Å². The summed E-state index contributed by atoms with van der Waals surface area (Å²) in [7, 11) is 0. The number of anilines is 1. The summed E-state index contributed by atoms with van der Waals surface area (Å²) in [5.41, 5.74) is 2.88. The van der Waals surface area contributed by atoms with Crippen molar-refractivity contribution in [2.75, 3.05) is 24.7 Å². The summed E-state index contributed by atoms with van der Waals surface area (Å²) in [6, 6.07) is 5.52. The summed E-state index contributed by atoms with van der Waals surface area (Å²) in [6.45, 7) is 2.07. The Morgan fingerprint density at radius 2 is 1.97 bits per heavy atom. The number of benzene rings is 1. The van der Waals surface area contributed by atoms with Crippen molar-refractivity contribution >= 4 is 11.5 Å². The lowest BCUT2D eigenvalue weighted by Gasteiger charge is -2.26. The van der Waals surface area contributed by atoms with Gasteiger partial charge in [-0.05, 0) is 37.1 Å². The molecule has 6 rings (SSSR count). The molecule has 0 aliphatic carbocycles. The molecule has 2 aliphatic rings. The Kier molecular flexibility index (Phi) is 4.24. The number of ether oxygens (including phenoxy) is 1. The molecule has 158 valence electrons. The fourth-order valence-electron chi connectivity index (χ4n) is 4.41. The zero-order valence-electron chi connectivity index (χ0n) is 16.7. The average Bonchev–Trinajstić information content (AvgIpc) is 3.46. The number of nitrogens with zero attached hydrogens (tertiary/aromatic N) is 6. The van der Waals surface area contributed by atoms with E-state index in [0.717, 1.165) is 42.4 Å². The maximum Gasteiger partial charge on any atom is 0.165 e. The maximum atomic E-state index is 14.5. The Morgan fingerprint density at radius 1 is 1.06 bits per heavy atom. The van der Waals surface area contributed by atoms with Gasteiger partial charge in [0.2, 0.25) is 0 Å². The van der Waals surface area contributed by atoms with Gasteiger partial charge in [0.1, 0.15) is 17.5 Å². The standard InChI is InChI=1S/C22H20F2N6O/c23-15-3-4-19(24)17(8-15)20-2-1-6-28(20)21-5-7-29-22(27-21)18(10-26-29)14-9-25-30(11-14)16-12-31-13-16/h3-5,7-11,16,20H,1-2,6,12-13H2/t20-/m1/s1. The second kappa shape index (κ2) is 7.12. The smallest absolute Gasteiger partial charge is 0.165 e. The molecule has 2 fully saturated rings. The first-order chi connectivity index (χ1) is 15.2. The van der Waals surface area contributed by atoms with E-state index in [9.17, 15) is 8.78 Å². The highest BCUT2D eigenvalue weighted by Gasteiger charge is 2.30. The maximum absolute atomic E-state index is 14.5. The quantitative estimate of drug-likeness (QED) is 0.501. The van der Waals surface area contributed by atoms with Crippen LogP contribution in [0.3, 0.4) is 0 Å². The lowest BCUT2D eigenvalue weighted by molar-refractivity contribution is -0.0286. The summed E-state index contributed by atoms with van der Waals surface area (Å²) < 4.78 is 37.1. The third-order valence-electron chi connectivity index (χ3n) is 6.13. The number of rotatable bonds is 4. The first-order valence-electron chi connectivity index (χ1n) is 10.4. The fraction of sp³-hybridized carbons (Fsp3) is 0.318. The Bertz CT molecular complexity index is 1260. The molecule has 2 aliphatic heterocycles. The van der Waals surface area contributed by atoms with Crippen molar-refractivity contribution in [3.05, 3.63) is 66.3 Å². The summed E-state index contributed by atoms with van der Waals surface area (Å²) in [4.78, 5) is 6.90. The Hall–Kier alpha value is -3.33. The lowest BCUT2D eigenvalue weighted by Crippen LogP contribution is -2.30. The van der Waals surface area contributed by atoms with Gasteiger partial charge in [-0.3, -0.25) is 4.68 Å². The molecular formula is C22H20F2N6O. The predicted octanol–water partition coefficient (Wildman–Crippen LogP) is 3.78. The number of aromatic nitrogens is 5. The van der Waals surface area contributed by atoms with E-state index < -0.39 is 11.6 Å². The average molecular weight is 422 g/mol. The van der Waals surface area contributed by atoms with E-state index in [2.05, 4.69) is 10.2 Å². The van der Waals surface area contributed by atoms with Crippen LogP contribution < -0.4 is 4.90 Å². The van der Waals surface area contributed by atoms with Crippen LogP contribution in [0.4, 0.5) is 14.6 Å². The van der Waals surface area contributed by atoms with Gasteiger partial charge in [0.05, 0.1) is 37.7 Å². The van der Waals surface area contributed by atoms with Gasteiger partial charge in [-0.25, -0.2) is 18.3 Å². The van der Waals surface area contributed by atoms with E-state index in [0.29, 0.717) is 24.4 Å². The summed E-state index contributed by atoms with van der Waals surface area (Å²) in [5.74, 6) is -0.101. The van der Waals surface area contributed by atoms with Crippen LogP contribution in [0.25, 0.3) is 16.8 Å². The number of halogens is 2. The molecule has 0 amide bonds. The molecule has 4 aromatic rings. The molecule has 0 saturated carbocycles. The van der Waals surface area contributed by atoms with Crippen LogP contribution in [0, 0.1) is 11.6 Å². The van der Waals surface area contributed by atoms with Gasteiger partial charge in [-0.1, -0.05) is 0 Å². The van der Waals surface area contributed by atoms with Crippen molar-refractivity contribution in [2.24, 2.45) is 0 Å². The molecule has 0 unspecified atom stereocenters. The van der Waals surface area contributed by atoms with E-state index in [4.69, 9.17) is 9.72 Å². The monoisotopic (exact) mass is 422 g/mol. The van der Waals surface area contributed by atoms with E-state index in [1.807, 2.05) is 34.2 Å². The first kappa shape index (κ1) is 18.4. The number of hydrogen-bond acceptors (Lipinski definition) is 5. The normalized spacial score (nSPS) is 19.3. The third-order valence-corrected chi connectivity index (χ3v) is 6.13. The van der Waals surface area contributed by atoms with Crippen LogP contribution in [0.2, 0.25) is 0 Å². The molecule has 0 N–H and O–H groups in total. The van der Waals surface area contributed by atoms with E-state index in [-0.39, 0.29) is 12.1 Å². The molecular weight excluding hydrogens is 402 g/mol. The van der Waals surface area contributed by atoms with Gasteiger partial charge in [0, 0.05) is 35.6 Å². The van der Waals surface area contributed by atoms with Gasteiger partial charge in [-0.15, -0.1) is 0 Å². The molecule has 0 bridgehead atoms.